The standard InChI is InChI=1S/C16H18N4O4/c21-15(22)14-17-13(18-19-14)12-6-8-20(9-7-12)16(23)24-10-11-4-2-1-3-5-11/h1-5,12H,6-10H2,(H,21,22)(H,17,18,19). The van der Waals surface area contributed by atoms with Gasteiger partial charge in [-0.3, -0.25) is 5.10 Å². The van der Waals surface area contributed by atoms with Crippen LogP contribution in [0.15, 0.2) is 30.3 Å². The number of aromatic nitrogens is 3. The van der Waals surface area contributed by atoms with Gasteiger partial charge in [0.1, 0.15) is 12.4 Å². The van der Waals surface area contributed by atoms with Gasteiger partial charge in [-0.1, -0.05) is 30.3 Å². The molecule has 0 aliphatic carbocycles. The maximum absolute atomic E-state index is 12.1. The minimum atomic E-state index is -1.15. The Bertz CT molecular complexity index is 708. The number of carboxylic acid groups (broad SMARTS) is 1. The van der Waals surface area contributed by atoms with Gasteiger partial charge in [-0.15, -0.1) is 5.10 Å². The molecule has 24 heavy (non-hydrogen) atoms. The number of H-pyrrole nitrogens is 1. The summed E-state index contributed by atoms with van der Waals surface area (Å²) in [6.07, 6.45) is 1.05. The summed E-state index contributed by atoms with van der Waals surface area (Å²) in [5.41, 5.74) is 0.948. The molecule has 0 unspecified atom stereocenters. The molecule has 1 fully saturated rings. The fraction of sp³-hybridized carbons (Fsp3) is 0.375. The summed E-state index contributed by atoms with van der Waals surface area (Å²) in [5.74, 6) is -0.748. The summed E-state index contributed by atoms with van der Waals surface area (Å²) in [6.45, 7) is 1.34. The van der Waals surface area contributed by atoms with E-state index >= 15 is 0 Å². The van der Waals surface area contributed by atoms with Crippen LogP contribution in [-0.2, 0) is 11.3 Å². The summed E-state index contributed by atoms with van der Waals surface area (Å²) < 4.78 is 5.32. The van der Waals surface area contributed by atoms with Crippen molar-refractivity contribution >= 4 is 12.1 Å². The van der Waals surface area contributed by atoms with E-state index in [1.54, 1.807) is 4.90 Å². The highest BCUT2D eigenvalue weighted by atomic mass is 16.6. The molecule has 1 aromatic carbocycles. The van der Waals surface area contributed by atoms with Gasteiger partial charge in [-0.25, -0.2) is 14.6 Å². The van der Waals surface area contributed by atoms with E-state index in [2.05, 4.69) is 15.2 Å². The molecule has 0 spiro atoms. The van der Waals surface area contributed by atoms with Crippen LogP contribution in [0, 0.1) is 0 Å². The lowest BCUT2D eigenvalue weighted by Crippen LogP contribution is -2.38. The molecule has 126 valence electrons. The number of likely N-dealkylation sites (tertiary alicyclic amines) is 1. The summed E-state index contributed by atoms with van der Waals surface area (Å²) in [6, 6.07) is 9.52. The highest BCUT2D eigenvalue weighted by Gasteiger charge is 2.27. The molecule has 8 nitrogen and oxygen atoms in total. The molecule has 1 amide bonds. The minimum absolute atomic E-state index is 0.0729. The van der Waals surface area contributed by atoms with E-state index in [0.717, 1.165) is 5.56 Å². The number of aromatic amines is 1. The zero-order valence-corrected chi connectivity index (χ0v) is 13.0. The third-order valence-corrected chi connectivity index (χ3v) is 4.04. The van der Waals surface area contributed by atoms with E-state index in [4.69, 9.17) is 9.84 Å². The lowest BCUT2D eigenvalue weighted by molar-refractivity contribution is 0.0684. The fourth-order valence-electron chi connectivity index (χ4n) is 2.70. The molecule has 0 bridgehead atoms. The molecule has 8 heteroatoms. The smallest absolute Gasteiger partial charge is 0.410 e. The molecule has 0 atom stereocenters. The number of carboxylic acids is 1. The number of nitrogens with zero attached hydrogens (tertiary/aromatic N) is 3. The highest BCUT2D eigenvalue weighted by molar-refractivity contribution is 5.82. The normalized spacial score (nSPS) is 15.2. The second kappa shape index (κ2) is 7.12. The van der Waals surface area contributed by atoms with Crippen LogP contribution >= 0.6 is 0 Å². The first-order valence-corrected chi connectivity index (χ1v) is 7.74. The van der Waals surface area contributed by atoms with Crippen molar-refractivity contribution in [3.8, 4) is 0 Å². The third kappa shape index (κ3) is 3.70. The molecule has 2 N–H and O–H groups in total. The molecule has 3 rings (SSSR count). The summed E-state index contributed by atoms with van der Waals surface area (Å²) in [7, 11) is 0. The first-order chi connectivity index (χ1) is 11.6. The summed E-state index contributed by atoms with van der Waals surface area (Å²) >= 11 is 0. The Labute approximate surface area is 138 Å². The Morgan fingerprint density at radius 1 is 1.25 bits per heavy atom. The number of carbonyl (C=O) groups excluding carboxylic acids is 1. The van der Waals surface area contributed by atoms with E-state index in [9.17, 15) is 9.59 Å². The van der Waals surface area contributed by atoms with Gasteiger partial charge >= 0.3 is 12.1 Å². The predicted molar refractivity (Wildman–Crippen MR) is 83.5 cm³/mol. The number of carbonyl (C=O) groups is 2. The molecule has 2 heterocycles. The van der Waals surface area contributed by atoms with Crippen molar-refractivity contribution in [1.82, 2.24) is 20.1 Å². The molecule has 2 aromatic rings. The molecule has 0 radical (unpaired) electrons. The van der Waals surface area contributed by atoms with Crippen molar-refractivity contribution in [2.45, 2.75) is 25.4 Å². The molecular formula is C16H18N4O4. The molecule has 1 aromatic heterocycles. The zero-order chi connectivity index (χ0) is 16.9. The zero-order valence-electron chi connectivity index (χ0n) is 13.0. The van der Waals surface area contributed by atoms with Gasteiger partial charge in [0.05, 0.1) is 0 Å². The Kier molecular flexibility index (Phi) is 4.74. The molecule has 0 saturated carbocycles. The van der Waals surface area contributed by atoms with Crippen LogP contribution in [0.3, 0.4) is 0 Å². The number of piperidine rings is 1. The molecule has 1 aliphatic heterocycles. The average molecular weight is 330 g/mol. The number of benzene rings is 1. The van der Waals surface area contributed by atoms with Crippen LogP contribution in [0.4, 0.5) is 4.79 Å². The Hall–Kier alpha value is -2.90. The van der Waals surface area contributed by atoms with Crippen LogP contribution in [-0.4, -0.2) is 50.3 Å². The number of ether oxygens (including phenoxy) is 1. The first-order valence-electron chi connectivity index (χ1n) is 7.74. The van der Waals surface area contributed by atoms with Crippen molar-refractivity contribution in [2.24, 2.45) is 0 Å². The monoisotopic (exact) mass is 330 g/mol. The molecule has 1 saturated heterocycles. The van der Waals surface area contributed by atoms with E-state index in [1.807, 2.05) is 30.3 Å². The topological polar surface area (TPSA) is 108 Å². The molecular weight excluding hydrogens is 312 g/mol. The van der Waals surface area contributed by atoms with Crippen molar-refractivity contribution < 1.29 is 19.4 Å². The first kappa shape index (κ1) is 16.0. The summed E-state index contributed by atoms with van der Waals surface area (Å²) in [5, 5.41) is 15.2. The average Bonchev–Trinajstić information content (AvgIpc) is 3.11. The summed E-state index contributed by atoms with van der Waals surface area (Å²) in [4.78, 5) is 28.6. The minimum Gasteiger partial charge on any atom is -0.475 e. The van der Waals surface area contributed by atoms with E-state index < -0.39 is 5.97 Å². The second-order valence-corrected chi connectivity index (χ2v) is 5.65. The number of aromatic carboxylic acids is 1. The van der Waals surface area contributed by atoms with Crippen molar-refractivity contribution in [3.63, 3.8) is 0 Å². The van der Waals surface area contributed by atoms with E-state index in [-0.39, 0.29) is 24.4 Å². The number of rotatable bonds is 4. The maximum Gasteiger partial charge on any atom is 0.410 e. The van der Waals surface area contributed by atoms with Crippen LogP contribution in [0.1, 0.15) is 40.8 Å². The molecule has 1 aliphatic rings. The van der Waals surface area contributed by atoms with E-state index in [0.29, 0.717) is 31.8 Å². The number of amides is 1. The lowest BCUT2D eigenvalue weighted by Gasteiger charge is -2.30. The van der Waals surface area contributed by atoms with Crippen LogP contribution in [0.5, 0.6) is 0 Å². The van der Waals surface area contributed by atoms with Crippen molar-refractivity contribution in [3.05, 3.63) is 47.5 Å². The van der Waals surface area contributed by atoms with Gasteiger partial charge in [0.15, 0.2) is 0 Å². The van der Waals surface area contributed by atoms with Gasteiger partial charge in [0, 0.05) is 19.0 Å². The Morgan fingerprint density at radius 2 is 1.96 bits per heavy atom. The lowest BCUT2D eigenvalue weighted by atomic mass is 9.96. The number of nitrogens with one attached hydrogen (secondary N) is 1. The highest BCUT2D eigenvalue weighted by Crippen LogP contribution is 2.25. The van der Waals surface area contributed by atoms with Crippen LogP contribution in [0.25, 0.3) is 0 Å². The maximum atomic E-state index is 12.1. The van der Waals surface area contributed by atoms with E-state index in [1.165, 1.54) is 0 Å². The van der Waals surface area contributed by atoms with Gasteiger partial charge < -0.3 is 14.7 Å². The van der Waals surface area contributed by atoms with Crippen LogP contribution < -0.4 is 0 Å². The van der Waals surface area contributed by atoms with Gasteiger partial charge in [-0.05, 0) is 18.4 Å². The van der Waals surface area contributed by atoms with Crippen LogP contribution in [0.2, 0.25) is 0 Å². The fourth-order valence-corrected chi connectivity index (χ4v) is 2.70. The Morgan fingerprint density at radius 3 is 2.58 bits per heavy atom. The third-order valence-electron chi connectivity index (χ3n) is 4.04. The largest absolute Gasteiger partial charge is 0.475 e. The van der Waals surface area contributed by atoms with Gasteiger partial charge in [0.2, 0.25) is 0 Å². The number of hydrogen-bond donors (Lipinski definition) is 2. The van der Waals surface area contributed by atoms with Gasteiger partial charge in [0.25, 0.3) is 5.82 Å². The van der Waals surface area contributed by atoms with Crippen molar-refractivity contribution in [2.75, 3.05) is 13.1 Å². The number of hydrogen-bond acceptors (Lipinski definition) is 5. The van der Waals surface area contributed by atoms with Crippen molar-refractivity contribution in [1.29, 1.82) is 0 Å². The quantitative estimate of drug-likeness (QED) is 0.888. The Balaban J connectivity index is 1.49. The second-order valence-electron chi connectivity index (χ2n) is 5.65. The SMILES string of the molecule is O=C(O)c1n[nH]c(C2CCN(C(=O)OCc3ccccc3)CC2)n1. The predicted octanol–water partition coefficient (Wildman–Crippen LogP) is 2.02. The van der Waals surface area contributed by atoms with Gasteiger partial charge in [-0.2, -0.15) is 0 Å².